The molecule has 2 aromatic heterocycles. The number of halogens is 1. The summed E-state index contributed by atoms with van der Waals surface area (Å²) in [6.45, 7) is 1.58. The van der Waals surface area contributed by atoms with Crippen LogP contribution in [0.2, 0.25) is 0 Å². The molecule has 1 atom stereocenters. The molecule has 2 aromatic rings. The second-order valence-electron chi connectivity index (χ2n) is 9.12. The Morgan fingerprint density at radius 3 is 2.80 bits per heavy atom. The van der Waals surface area contributed by atoms with Crippen molar-refractivity contribution in [3.63, 3.8) is 0 Å². The van der Waals surface area contributed by atoms with Crippen molar-refractivity contribution in [2.45, 2.75) is 62.9 Å². The zero-order chi connectivity index (χ0) is 24.8. The lowest BCUT2D eigenvalue weighted by Gasteiger charge is -2.22. The first-order valence-electron chi connectivity index (χ1n) is 12.1. The van der Waals surface area contributed by atoms with E-state index in [4.69, 9.17) is 4.74 Å². The number of hydrogen-bond acceptors (Lipinski definition) is 6. The fraction of sp³-hybridized carbons (Fsp3) is 0.520. The fourth-order valence-electron chi connectivity index (χ4n) is 4.42. The maximum atomic E-state index is 14.2. The molecule has 1 aliphatic carbocycles. The Hall–Kier alpha value is -3.27. The standard InChI is InChI=1S/C25H31FN4O5/c26-20-7-3-8-21(31)30(20)25(12-13-25)24(34)29-19(23(32)33)11-16-35-15-2-1-6-18-10-9-17-5-4-14-27-22(17)28-18/h3,7-10,19H,1-2,4-6,11-16H2,(H,27,28)(H,29,34)(H,32,33)/t19-/m0/s1. The Balaban J connectivity index is 1.19. The van der Waals surface area contributed by atoms with Crippen molar-refractivity contribution in [3.05, 3.63) is 57.9 Å². The fourth-order valence-corrected chi connectivity index (χ4v) is 4.42. The zero-order valence-electron chi connectivity index (χ0n) is 19.6. The summed E-state index contributed by atoms with van der Waals surface area (Å²) in [6.07, 6.45) is 5.34. The second kappa shape index (κ2) is 11.0. The number of hydrogen-bond donors (Lipinski definition) is 3. The summed E-state index contributed by atoms with van der Waals surface area (Å²) >= 11 is 0. The van der Waals surface area contributed by atoms with Crippen molar-refractivity contribution in [2.24, 2.45) is 0 Å². The number of rotatable bonds is 12. The third kappa shape index (κ3) is 5.87. The molecule has 35 heavy (non-hydrogen) atoms. The molecule has 9 nitrogen and oxygen atoms in total. The first kappa shape index (κ1) is 24.8. The average Bonchev–Trinajstić information content (AvgIpc) is 3.64. The average molecular weight is 487 g/mol. The van der Waals surface area contributed by atoms with Gasteiger partial charge in [0.15, 0.2) is 5.95 Å². The lowest BCUT2D eigenvalue weighted by molar-refractivity contribution is -0.143. The Morgan fingerprint density at radius 2 is 2.06 bits per heavy atom. The number of anilines is 1. The van der Waals surface area contributed by atoms with Crippen LogP contribution >= 0.6 is 0 Å². The molecular formula is C25H31FN4O5. The number of pyridine rings is 2. The van der Waals surface area contributed by atoms with Gasteiger partial charge < -0.3 is 20.5 Å². The minimum absolute atomic E-state index is 0.0708. The van der Waals surface area contributed by atoms with Crippen molar-refractivity contribution in [3.8, 4) is 0 Å². The molecular weight excluding hydrogens is 455 g/mol. The van der Waals surface area contributed by atoms with Gasteiger partial charge in [0.2, 0.25) is 5.91 Å². The van der Waals surface area contributed by atoms with Gasteiger partial charge in [-0.3, -0.25) is 14.2 Å². The lowest BCUT2D eigenvalue weighted by atomic mass is 10.1. The first-order valence-corrected chi connectivity index (χ1v) is 12.1. The van der Waals surface area contributed by atoms with E-state index >= 15 is 0 Å². The number of unbranched alkanes of at least 4 members (excludes halogenated alkanes) is 1. The Kier molecular flexibility index (Phi) is 7.80. The molecule has 0 radical (unpaired) electrons. The summed E-state index contributed by atoms with van der Waals surface area (Å²) in [5.74, 6) is -1.70. The predicted molar refractivity (Wildman–Crippen MR) is 127 cm³/mol. The maximum absolute atomic E-state index is 14.2. The number of carboxylic acid groups (broad SMARTS) is 1. The number of fused-ring (bicyclic) bond motifs is 1. The summed E-state index contributed by atoms with van der Waals surface area (Å²) in [4.78, 5) is 41.2. The van der Waals surface area contributed by atoms with E-state index in [0.717, 1.165) is 60.8 Å². The molecule has 3 N–H and O–H groups in total. The normalized spacial score (nSPS) is 16.6. The largest absolute Gasteiger partial charge is 0.480 e. The summed E-state index contributed by atoms with van der Waals surface area (Å²) in [5, 5.41) is 15.3. The van der Waals surface area contributed by atoms with Crippen LogP contribution in [0.5, 0.6) is 0 Å². The Morgan fingerprint density at radius 1 is 1.23 bits per heavy atom. The molecule has 2 aliphatic rings. The number of nitrogens with zero attached hydrogens (tertiary/aromatic N) is 2. The van der Waals surface area contributed by atoms with Gasteiger partial charge in [-0.25, -0.2) is 9.78 Å². The zero-order valence-corrected chi connectivity index (χ0v) is 19.6. The van der Waals surface area contributed by atoms with E-state index < -0.39 is 35.0 Å². The number of aromatic nitrogens is 2. The number of carboxylic acids is 1. The van der Waals surface area contributed by atoms with E-state index in [9.17, 15) is 23.9 Å². The van der Waals surface area contributed by atoms with Crippen LogP contribution in [0.15, 0.2) is 35.1 Å². The van der Waals surface area contributed by atoms with Gasteiger partial charge in [-0.2, -0.15) is 4.39 Å². The van der Waals surface area contributed by atoms with E-state index in [2.05, 4.69) is 27.8 Å². The van der Waals surface area contributed by atoms with E-state index in [1.54, 1.807) is 0 Å². The number of carbonyl (C=O) groups excluding carboxylic acids is 1. The molecule has 1 amide bonds. The van der Waals surface area contributed by atoms with Gasteiger partial charge in [0.1, 0.15) is 17.4 Å². The van der Waals surface area contributed by atoms with Crippen molar-refractivity contribution >= 4 is 17.7 Å². The van der Waals surface area contributed by atoms with Gasteiger partial charge in [0.25, 0.3) is 5.56 Å². The number of carbonyl (C=O) groups is 2. The summed E-state index contributed by atoms with van der Waals surface area (Å²) in [7, 11) is 0. The smallest absolute Gasteiger partial charge is 0.326 e. The quantitative estimate of drug-likeness (QED) is 0.311. The molecule has 0 aromatic carbocycles. The number of aliphatic carboxylic acids is 1. The molecule has 1 aliphatic heterocycles. The van der Waals surface area contributed by atoms with Crippen LogP contribution in [-0.4, -0.2) is 52.3 Å². The summed E-state index contributed by atoms with van der Waals surface area (Å²) in [5.41, 5.74) is 0.304. The molecule has 3 heterocycles. The highest BCUT2D eigenvalue weighted by Gasteiger charge is 2.54. The molecule has 0 saturated heterocycles. The molecule has 188 valence electrons. The van der Waals surface area contributed by atoms with Crippen molar-refractivity contribution in [2.75, 3.05) is 25.1 Å². The van der Waals surface area contributed by atoms with Gasteiger partial charge in [-0.15, -0.1) is 0 Å². The van der Waals surface area contributed by atoms with Crippen molar-refractivity contribution < 1.29 is 23.8 Å². The van der Waals surface area contributed by atoms with Gasteiger partial charge >= 0.3 is 5.97 Å². The minimum Gasteiger partial charge on any atom is -0.480 e. The molecule has 0 unspecified atom stereocenters. The highest BCUT2D eigenvalue weighted by molar-refractivity contribution is 5.90. The molecule has 1 saturated carbocycles. The Labute approximate surface area is 202 Å². The van der Waals surface area contributed by atoms with Gasteiger partial charge in [0, 0.05) is 37.9 Å². The van der Waals surface area contributed by atoms with E-state index in [1.165, 1.54) is 17.7 Å². The third-order valence-electron chi connectivity index (χ3n) is 6.56. The first-order chi connectivity index (χ1) is 16.9. The van der Waals surface area contributed by atoms with E-state index in [-0.39, 0.29) is 25.9 Å². The highest BCUT2D eigenvalue weighted by atomic mass is 19.1. The van der Waals surface area contributed by atoms with Crippen LogP contribution in [0.3, 0.4) is 0 Å². The van der Waals surface area contributed by atoms with Crippen LogP contribution in [0.1, 0.15) is 49.8 Å². The summed E-state index contributed by atoms with van der Waals surface area (Å²) in [6, 6.07) is 6.58. The SMILES string of the molecule is O=C(O)[C@H](CCOCCCCc1ccc2c(n1)NCCC2)NC(=O)C1(n2c(F)cccc2=O)CC1. The van der Waals surface area contributed by atoms with Gasteiger partial charge in [-0.1, -0.05) is 12.1 Å². The molecule has 1 fully saturated rings. The minimum atomic E-state index is -1.36. The van der Waals surface area contributed by atoms with Crippen LogP contribution in [-0.2, 0) is 32.7 Å². The van der Waals surface area contributed by atoms with Crippen LogP contribution in [0.4, 0.5) is 10.2 Å². The van der Waals surface area contributed by atoms with Gasteiger partial charge in [-0.05, 0) is 62.6 Å². The van der Waals surface area contributed by atoms with Crippen molar-refractivity contribution in [1.29, 1.82) is 0 Å². The number of aryl methyl sites for hydroxylation is 2. The monoisotopic (exact) mass is 486 g/mol. The third-order valence-corrected chi connectivity index (χ3v) is 6.56. The summed E-state index contributed by atoms with van der Waals surface area (Å²) < 4.78 is 20.6. The lowest BCUT2D eigenvalue weighted by Crippen LogP contribution is -2.50. The number of ether oxygens (including phenoxy) is 1. The van der Waals surface area contributed by atoms with Crippen LogP contribution < -0.4 is 16.2 Å². The van der Waals surface area contributed by atoms with E-state index in [1.807, 2.05) is 0 Å². The number of nitrogens with one attached hydrogen (secondary N) is 2. The number of amides is 1. The highest BCUT2D eigenvalue weighted by Crippen LogP contribution is 2.43. The van der Waals surface area contributed by atoms with Crippen molar-refractivity contribution in [1.82, 2.24) is 14.9 Å². The predicted octanol–water partition coefficient (Wildman–Crippen LogP) is 2.23. The van der Waals surface area contributed by atoms with Gasteiger partial charge in [0.05, 0.1) is 0 Å². The van der Waals surface area contributed by atoms with Crippen LogP contribution in [0, 0.1) is 5.95 Å². The maximum Gasteiger partial charge on any atom is 0.326 e. The molecule has 0 bridgehead atoms. The second-order valence-corrected chi connectivity index (χ2v) is 9.12. The molecule has 0 spiro atoms. The molecule has 4 rings (SSSR count). The topological polar surface area (TPSA) is 123 Å². The molecule has 10 heteroatoms. The Bertz CT molecular complexity index is 1130. The van der Waals surface area contributed by atoms with E-state index in [0.29, 0.717) is 6.61 Å². The van der Waals surface area contributed by atoms with Crippen LogP contribution in [0.25, 0.3) is 0 Å².